The number of hydrogen-bond acceptors (Lipinski definition) is 7. The van der Waals surface area contributed by atoms with E-state index in [-0.39, 0.29) is 24.3 Å². The maximum Gasteiger partial charge on any atom is 0.258 e. The van der Waals surface area contributed by atoms with E-state index in [2.05, 4.69) is 37.1 Å². The van der Waals surface area contributed by atoms with Gasteiger partial charge in [0.15, 0.2) is 5.82 Å². The summed E-state index contributed by atoms with van der Waals surface area (Å²) in [5.74, 6) is 0.763. The summed E-state index contributed by atoms with van der Waals surface area (Å²) in [6, 6.07) is 5.27. The van der Waals surface area contributed by atoms with Crippen molar-refractivity contribution < 1.29 is 8.91 Å². The summed E-state index contributed by atoms with van der Waals surface area (Å²) < 4.78 is 20.2. The molecule has 3 heterocycles. The molecule has 1 aromatic heterocycles. The fourth-order valence-corrected chi connectivity index (χ4v) is 3.78. The molecule has 28 heavy (non-hydrogen) atoms. The average Bonchev–Trinajstić information content (AvgIpc) is 3.18. The molecular formula is C19H28ClFN6O. The molecule has 2 fully saturated rings. The lowest BCUT2D eigenvalue weighted by Crippen LogP contribution is -2.46. The molecule has 0 aliphatic carbocycles. The maximum atomic E-state index is 14.8. The highest BCUT2D eigenvalue weighted by molar-refractivity contribution is 5.85. The first-order valence-corrected chi connectivity index (χ1v) is 9.67. The van der Waals surface area contributed by atoms with Gasteiger partial charge in [-0.1, -0.05) is 12.1 Å². The normalized spacial score (nSPS) is 21.5. The monoisotopic (exact) mass is 410 g/mol. The van der Waals surface area contributed by atoms with Gasteiger partial charge in [-0.05, 0) is 31.8 Å². The van der Waals surface area contributed by atoms with Gasteiger partial charge in [0, 0.05) is 51.4 Å². The molecule has 1 atom stereocenters. The second kappa shape index (κ2) is 9.17. The van der Waals surface area contributed by atoms with Crippen LogP contribution in [-0.2, 0) is 0 Å². The van der Waals surface area contributed by atoms with Crippen molar-refractivity contribution in [3.05, 3.63) is 29.8 Å². The van der Waals surface area contributed by atoms with Crippen LogP contribution in [-0.4, -0.2) is 79.3 Å². The van der Waals surface area contributed by atoms with Crippen molar-refractivity contribution >= 4 is 18.1 Å². The van der Waals surface area contributed by atoms with Gasteiger partial charge < -0.3 is 19.6 Å². The summed E-state index contributed by atoms with van der Waals surface area (Å²) in [6.07, 6.45) is 0. The highest BCUT2D eigenvalue weighted by Crippen LogP contribution is 2.28. The first kappa shape index (κ1) is 21.0. The summed E-state index contributed by atoms with van der Waals surface area (Å²) in [5, 5.41) is 7.46. The third-order valence-corrected chi connectivity index (χ3v) is 5.61. The lowest BCUT2D eigenvalue weighted by molar-refractivity contribution is 0.190. The van der Waals surface area contributed by atoms with E-state index >= 15 is 0 Å². The second-order valence-electron chi connectivity index (χ2n) is 7.25. The molecule has 0 radical (unpaired) electrons. The molecule has 1 aromatic carbocycles. The van der Waals surface area contributed by atoms with Crippen molar-refractivity contribution in [1.82, 2.24) is 25.3 Å². The van der Waals surface area contributed by atoms with Gasteiger partial charge in [-0.2, -0.15) is 4.98 Å². The van der Waals surface area contributed by atoms with Crippen molar-refractivity contribution in [2.75, 3.05) is 64.3 Å². The first-order chi connectivity index (χ1) is 13.2. The van der Waals surface area contributed by atoms with Gasteiger partial charge in [-0.15, -0.1) is 12.4 Å². The number of nitrogens with zero attached hydrogens (tertiary/aromatic N) is 5. The van der Waals surface area contributed by atoms with E-state index in [1.54, 1.807) is 0 Å². The number of hydrogen-bond donors (Lipinski definition) is 1. The van der Waals surface area contributed by atoms with Crippen LogP contribution in [0.25, 0.3) is 11.5 Å². The summed E-state index contributed by atoms with van der Waals surface area (Å²) >= 11 is 0. The fourth-order valence-electron chi connectivity index (χ4n) is 3.78. The Morgan fingerprint density at radius 1 is 1.21 bits per heavy atom. The predicted octanol–water partition coefficient (Wildman–Crippen LogP) is 2.02. The predicted molar refractivity (Wildman–Crippen MR) is 110 cm³/mol. The van der Waals surface area contributed by atoms with Crippen LogP contribution in [0.2, 0.25) is 0 Å². The molecule has 0 bridgehead atoms. The van der Waals surface area contributed by atoms with Gasteiger partial charge in [0.2, 0.25) is 0 Å². The van der Waals surface area contributed by atoms with Crippen LogP contribution in [0, 0.1) is 5.82 Å². The zero-order chi connectivity index (χ0) is 18.8. The summed E-state index contributed by atoms with van der Waals surface area (Å²) in [6.45, 7) is 9.49. The van der Waals surface area contributed by atoms with Gasteiger partial charge in [0.25, 0.3) is 5.89 Å². The molecule has 2 aromatic rings. The molecule has 4 rings (SSSR count). The first-order valence-electron chi connectivity index (χ1n) is 9.67. The number of benzene rings is 1. The molecule has 2 aliphatic rings. The van der Waals surface area contributed by atoms with Crippen LogP contribution in [0.1, 0.15) is 18.8 Å². The number of rotatable bonds is 4. The van der Waals surface area contributed by atoms with Gasteiger partial charge >= 0.3 is 0 Å². The molecule has 0 saturated carbocycles. The summed E-state index contributed by atoms with van der Waals surface area (Å²) in [7, 11) is 2.05. The average molecular weight is 411 g/mol. The van der Waals surface area contributed by atoms with Crippen LogP contribution in [0.15, 0.2) is 22.7 Å². The van der Waals surface area contributed by atoms with E-state index in [1.165, 1.54) is 6.07 Å². The number of likely N-dealkylation sites (N-methyl/N-ethyl adjacent to an activating group) is 2. The van der Waals surface area contributed by atoms with Crippen LogP contribution in [0.3, 0.4) is 0 Å². The number of anilines is 1. The van der Waals surface area contributed by atoms with Crippen LogP contribution >= 0.6 is 12.4 Å². The van der Waals surface area contributed by atoms with Crippen LogP contribution < -0.4 is 10.2 Å². The Labute approximate surface area is 171 Å². The summed E-state index contributed by atoms with van der Waals surface area (Å²) in [5.41, 5.74) is 1.26. The Morgan fingerprint density at radius 3 is 2.68 bits per heavy atom. The van der Waals surface area contributed by atoms with Gasteiger partial charge in [-0.25, -0.2) is 4.39 Å². The van der Waals surface area contributed by atoms with E-state index in [0.29, 0.717) is 23.0 Å². The molecule has 2 aliphatic heterocycles. The topological polar surface area (TPSA) is 60.7 Å². The van der Waals surface area contributed by atoms with E-state index in [4.69, 9.17) is 4.52 Å². The Balaban J connectivity index is 0.00000225. The second-order valence-corrected chi connectivity index (χ2v) is 7.25. The van der Waals surface area contributed by atoms with Crippen molar-refractivity contribution in [3.8, 4) is 11.5 Å². The van der Waals surface area contributed by atoms with Crippen LogP contribution in [0.5, 0.6) is 0 Å². The van der Waals surface area contributed by atoms with Crippen molar-refractivity contribution in [1.29, 1.82) is 0 Å². The van der Waals surface area contributed by atoms with Crippen molar-refractivity contribution in [2.24, 2.45) is 0 Å². The number of aromatic nitrogens is 2. The molecule has 1 unspecified atom stereocenters. The number of nitrogens with one attached hydrogen (secondary N) is 1. The lowest BCUT2D eigenvalue weighted by atomic mass is 10.1. The number of halogens is 2. The molecule has 1 N–H and O–H groups in total. The maximum absolute atomic E-state index is 14.8. The third kappa shape index (κ3) is 4.30. The molecule has 0 amide bonds. The largest absolute Gasteiger partial charge is 0.367 e. The standard InChI is InChI=1S/C19H27FN6O.ClH/c1-3-25-8-10-26(11-9-25)16-5-4-14(12-15(16)20)19-22-18(23-27-19)17-13-21-6-7-24(17)2;/h4-5,12,17,21H,3,6-11,13H2,1-2H3;1H. The fraction of sp³-hybridized carbons (Fsp3) is 0.579. The zero-order valence-electron chi connectivity index (χ0n) is 16.4. The van der Waals surface area contributed by atoms with Crippen LogP contribution in [0.4, 0.5) is 10.1 Å². The zero-order valence-corrected chi connectivity index (χ0v) is 17.2. The molecule has 154 valence electrons. The van der Waals surface area contributed by atoms with Gasteiger partial charge in [-0.3, -0.25) is 4.90 Å². The minimum atomic E-state index is -0.242. The Kier molecular flexibility index (Phi) is 6.87. The SMILES string of the molecule is CCN1CCN(c2ccc(-c3nc(C4CNCCN4C)no3)cc2F)CC1.Cl. The molecule has 7 nitrogen and oxygen atoms in total. The van der Waals surface area contributed by atoms with E-state index in [0.717, 1.165) is 52.4 Å². The molecule has 0 spiro atoms. The third-order valence-electron chi connectivity index (χ3n) is 5.61. The van der Waals surface area contributed by atoms with Gasteiger partial charge in [0.05, 0.1) is 11.7 Å². The van der Waals surface area contributed by atoms with E-state index < -0.39 is 0 Å². The Bertz CT molecular complexity index is 780. The Morgan fingerprint density at radius 2 is 2.00 bits per heavy atom. The van der Waals surface area contributed by atoms with Gasteiger partial charge in [0.1, 0.15) is 5.82 Å². The van der Waals surface area contributed by atoms with E-state index in [1.807, 2.05) is 19.2 Å². The smallest absolute Gasteiger partial charge is 0.258 e. The highest BCUT2D eigenvalue weighted by Gasteiger charge is 2.26. The van der Waals surface area contributed by atoms with E-state index in [9.17, 15) is 4.39 Å². The Hall–Kier alpha value is -1.74. The minimum absolute atomic E-state index is 0. The minimum Gasteiger partial charge on any atom is -0.367 e. The quantitative estimate of drug-likeness (QED) is 0.827. The molecular weight excluding hydrogens is 383 g/mol. The summed E-state index contributed by atoms with van der Waals surface area (Å²) in [4.78, 5) is 11.2. The number of piperazine rings is 2. The van der Waals surface area contributed by atoms with Crippen molar-refractivity contribution in [2.45, 2.75) is 13.0 Å². The lowest BCUT2D eigenvalue weighted by Gasteiger charge is -2.35. The highest BCUT2D eigenvalue weighted by atomic mass is 35.5. The van der Waals surface area contributed by atoms with Crippen molar-refractivity contribution in [3.63, 3.8) is 0 Å². The molecule has 2 saturated heterocycles. The molecule has 9 heteroatoms.